The summed E-state index contributed by atoms with van der Waals surface area (Å²) in [6.07, 6.45) is 4.67. The van der Waals surface area contributed by atoms with Crippen LogP contribution in [0.25, 0.3) is 0 Å². The topological polar surface area (TPSA) is 75.3 Å². The second kappa shape index (κ2) is 4.71. The lowest BCUT2D eigenvalue weighted by atomic mass is 9.68. The van der Waals surface area contributed by atoms with Crippen LogP contribution in [0.5, 0.6) is 0 Å². The molecule has 1 aliphatic heterocycles. The molecule has 1 saturated heterocycles. The minimum Gasteiger partial charge on any atom is -0.277 e. The molecule has 5 heteroatoms. The summed E-state index contributed by atoms with van der Waals surface area (Å²) in [6.45, 7) is 4.02. The average molecular weight is 252 g/mol. The van der Waals surface area contributed by atoms with E-state index in [9.17, 15) is 14.4 Å². The molecular weight excluding hydrogens is 232 g/mol. The summed E-state index contributed by atoms with van der Waals surface area (Å²) in [7, 11) is 0. The Balaban J connectivity index is 2.31. The fourth-order valence-electron chi connectivity index (χ4n) is 3.50. The molecule has 0 aromatic rings. The molecule has 1 heterocycles. The molecule has 1 saturated carbocycles. The third-order valence-electron chi connectivity index (χ3n) is 4.48. The van der Waals surface area contributed by atoms with E-state index in [0.717, 1.165) is 32.1 Å². The molecule has 2 aliphatic rings. The predicted molar refractivity (Wildman–Crippen MR) is 65.5 cm³/mol. The molecule has 0 radical (unpaired) electrons. The van der Waals surface area contributed by atoms with E-state index < -0.39 is 23.3 Å². The van der Waals surface area contributed by atoms with E-state index in [1.54, 1.807) is 0 Å². The molecule has 100 valence electrons. The average Bonchev–Trinajstić information content (AvgIpc) is 2.62. The third-order valence-corrected chi connectivity index (χ3v) is 4.48. The van der Waals surface area contributed by atoms with Gasteiger partial charge in [0.25, 0.3) is 0 Å². The highest BCUT2D eigenvalue weighted by atomic mass is 16.2. The van der Waals surface area contributed by atoms with Gasteiger partial charge in [-0.2, -0.15) is 0 Å². The van der Waals surface area contributed by atoms with Gasteiger partial charge in [0.15, 0.2) is 0 Å². The van der Waals surface area contributed by atoms with Gasteiger partial charge in [-0.3, -0.25) is 20.2 Å². The Hall–Kier alpha value is -1.39. The molecule has 4 amide bonds. The molecule has 18 heavy (non-hydrogen) atoms. The molecular formula is C13H20N2O3. The summed E-state index contributed by atoms with van der Waals surface area (Å²) >= 11 is 0. The van der Waals surface area contributed by atoms with E-state index in [-0.39, 0.29) is 11.8 Å². The van der Waals surface area contributed by atoms with Gasteiger partial charge in [0.2, 0.25) is 11.8 Å². The number of urea groups is 1. The molecule has 1 spiro atoms. The van der Waals surface area contributed by atoms with Crippen LogP contribution in [-0.4, -0.2) is 17.8 Å². The van der Waals surface area contributed by atoms with Crippen molar-refractivity contribution in [2.75, 3.05) is 0 Å². The van der Waals surface area contributed by atoms with Crippen LogP contribution < -0.4 is 10.6 Å². The Kier molecular flexibility index (Phi) is 3.41. The summed E-state index contributed by atoms with van der Waals surface area (Å²) in [6, 6.07) is -0.691. The molecule has 0 aromatic carbocycles. The van der Waals surface area contributed by atoms with Gasteiger partial charge in [0, 0.05) is 0 Å². The summed E-state index contributed by atoms with van der Waals surface area (Å²) < 4.78 is 0. The highest BCUT2D eigenvalue weighted by Gasteiger charge is 2.61. The molecule has 2 fully saturated rings. The number of carbonyl (C=O) groups excluding carboxylic acids is 3. The molecule has 0 aromatic heterocycles. The minimum absolute atomic E-state index is 0.00699. The highest BCUT2D eigenvalue weighted by Crippen LogP contribution is 2.51. The predicted octanol–water partition coefficient (Wildman–Crippen LogP) is 1.58. The largest absolute Gasteiger partial charge is 0.328 e. The number of rotatable bonds is 3. The van der Waals surface area contributed by atoms with Crippen molar-refractivity contribution in [1.29, 1.82) is 0 Å². The molecule has 2 rings (SSSR count). The Morgan fingerprint density at radius 1 is 1.17 bits per heavy atom. The standard InChI is InChI=1S/C13H20N2O3/c1-3-4-5-9-7-6-8(2)13(9)10(16)14-12(18)15-11(13)17/h8-9H,3-7H2,1-2H3,(H2,14,15,16,17,18). The Bertz CT molecular complexity index is 372. The van der Waals surface area contributed by atoms with E-state index >= 15 is 0 Å². The summed E-state index contributed by atoms with van der Waals surface area (Å²) in [5, 5.41) is 4.54. The molecule has 2 atom stereocenters. The lowest BCUT2D eigenvalue weighted by molar-refractivity contribution is -0.150. The van der Waals surface area contributed by atoms with Crippen molar-refractivity contribution in [3.05, 3.63) is 0 Å². The van der Waals surface area contributed by atoms with E-state index in [4.69, 9.17) is 0 Å². The molecule has 1 aliphatic carbocycles. The lowest BCUT2D eigenvalue weighted by Crippen LogP contribution is -2.65. The summed E-state index contributed by atoms with van der Waals surface area (Å²) in [4.78, 5) is 35.6. The number of unbranched alkanes of at least 4 members (excludes halogenated alkanes) is 1. The maximum absolute atomic E-state index is 12.2. The van der Waals surface area contributed by atoms with Gasteiger partial charge in [-0.1, -0.05) is 26.7 Å². The van der Waals surface area contributed by atoms with E-state index in [1.165, 1.54) is 0 Å². The SMILES string of the molecule is CCCCC1CCC(C)C12C(=O)NC(=O)NC2=O. The Labute approximate surface area is 107 Å². The molecule has 2 unspecified atom stereocenters. The zero-order valence-electron chi connectivity index (χ0n) is 10.9. The minimum atomic E-state index is -1.02. The smallest absolute Gasteiger partial charge is 0.277 e. The van der Waals surface area contributed by atoms with Crippen molar-refractivity contribution in [2.24, 2.45) is 17.3 Å². The van der Waals surface area contributed by atoms with Gasteiger partial charge in [-0.25, -0.2) is 4.79 Å². The van der Waals surface area contributed by atoms with Gasteiger partial charge < -0.3 is 0 Å². The van der Waals surface area contributed by atoms with Crippen LogP contribution in [0.1, 0.15) is 46.0 Å². The number of nitrogens with one attached hydrogen (secondary N) is 2. The first-order valence-corrected chi connectivity index (χ1v) is 6.70. The maximum Gasteiger partial charge on any atom is 0.328 e. The first kappa shape index (κ1) is 13.1. The number of carbonyl (C=O) groups is 3. The van der Waals surface area contributed by atoms with Crippen LogP contribution >= 0.6 is 0 Å². The van der Waals surface area contributed by atoms with Crippen LogP contribution in [0.3, 0.4) is 0 Å². The zero-order valence-corrected chi connectivity index (χ0v) is 10.9. The third kappa shape index (κ3) is 1.72. The van der Waals surface area contributed by atoms with Crippen LogP contribution in [0.2, 0.25) is 0 Å². The first-order chi connectivity index (χ1) is 8.53. The monoisotopic (exact) mass is 252 g/mol. The van der Waals surface area contributed by atoms with Crippen LogP contribution in [-0.2, 0) is 9.59 Å². The second-order valence-corrected chi connectivity index (χ2v) is 5.42. The second-order valence-electron chi connectivity index (χ2n) is 5.42. The van der Waals surface area contributed by atoms with Crippen molar-refractivity contribution in [2.45, 2.75) is 46.0 Å². The zero-order chi connectivity index (χ0) is 13.3. The van der Waals surface area contributed by atoms with Gasteiger partial charge in [-0.15, -0.1) is 0 Å². The fraction of sp³-hybridized carbons (Fsp3) is 0.769. The van der Waals surface area contributed by atoms with E-state index in [1.807, 2.05) is 6.92 Å². The number of barbiturate groups is 1. The van der Waals surface area contributed by atoms with Crippen molar-refractivity contribution >= 4 is 17.8 Å². The summed E-state index contributed by atoms with van der Waals surface area (Å²) in [5.41, 5.74) is -1.02. The van der Waals surface area contributed by atoms with Crippen LogP contribution in [0, 0.1) is 17.3 Å². The van der Waals surface area contributed by atoms with Gasteiger partial charge in [-0.05, 0) is 31.1 Å². The molecule has 5 nitrogen and oxygen atoms in total. The fourth-order valence-corrected chi connectivity index (χ4v) is 3.50. The normalized spacial score (nSPS) is 30.4. The number of amides is 4. The summed E-state index contributed by atoms with van der Waals surface area (Å²) in [5.74, 6) is -0.752. The van der Waals surface area contributed by atoms with E-state index in [0.29, 0.717) is 0 Å². The van der Waals surface area contributed by atoms with Crippen molar-refractivity contribution in [3.8, 4) is 0 Å². The van der Waals surface area contributed by atoms with Crippen molar-refractivity contribution < 1.29 is 14.4 Å². The van der Waals surface area contributed by atoms with Gasteiger partial charge >= 0.3 is 6.03 Å². The Morgan fingerprint density at radius 2 is 1.78 bits per heavy atom. The lowest BCUT2D eigenvalue weighted by Gasteiger charge is -2.38. The molecule has 2 N–H and O–H groups in total. The quantitative estimate of drug-likeness (QED) is 0.749. The number of hydrogen-bond acceptors (Lipinski definition) is 3. The number of imide groups is 2. The number of hydrogen-bond donors (Lipinski definition) is 2. The van der Waals surface area contributed by atoms with Crippen LogP contribution in [0.4, 0.5) is 4.79 Å². The first-order valence-electron chi connectivity index (χ1n) is 6.70. The van der Waals surface area contributed by atoms with Gasteiger partial charge in [0.1, 0.15) is 5.41 Å². The Morgan fingerprint density at radius 3 is 2.33 bits per heavy atom. The van der Waals surface area contributed by atoms with Crippen molar-refractivity contribution in [3.63, 3.8) is 0 Å². The maximum atomic E-state index is 12.2. The van der Waals surface area contributed by atoms with E-state index in [2.05, 4.69) is 17.6 Å². The highest BCUT2D eigenvalue weighted by molar-refractivity contribution is 6.19. The van der Waals surface area contributed by atoms with Crippen molar-refractivity contribution in [1.82, 2.24) is 10.6 Å². The van der Waals surface area contributed by atoms with Crippen LogP contribution in [0.15, 0.2) is 0 Å². The van der Waals surface area contributed by atoms with Gasteiger partial charge in [0.05, 0.1) is 0 Å². The molecule has 0 bridgehead atoms.